The van der Waals surface area contributed by atoms with E-state index in [4.69, 9.17) is 11.6 Å². The highest BCUT2D eigenvalue weighted by molar-refractivity contribution is 6.31. The van der Waals surface area contributed by atoms with Crippen molar-refractivity contribution in [3.63, 3.8) is 0 Å². The fourth-order valence-corrected chi connectivity index (χ4v) is 5.59. The Morgan fingerprint density at radius 1 is 1.00 bits per heavy atom. The van der Waals surface area contributed by atoms with Crippen molar-refractivity contribution in [3.05, 3.63) is 29.0 Å². The summed E-state index contributed by atoms with van der Waals surface area (Å²) >= 11 is 5.82. The van der Waals surface area contributed by atoms with E-state index in [0.29, 0.717) is 29.4 Å². The normalized spacial score (nSPS) is 41.6. The number of hydrogen-bond acceptors (Lipinski definition) is 2. The molecule has 6 rings (SSSR count). The quantitative estimate of drug-likeness (QED) is 0.745. The van der Waals surface area contributed by atoms with E-state index in [0.717, 1.165) is 12.8 Å². The van der Waals surface area contributed by atoms with Gasteiger partial charge in [0.15, 0.2) is 0 Å². The molecule has 1 saturated heterocycles. The highest BCUT2D eigenvalue weighted by Crippen LogP contribution is 2.68. The summed E-state index contributed by atoms with van der Waals surface area (Å²) in [5, 5.41) is -0.0567. The third kappa shape index (κ3) is 1.47. The van der Waals surface area contributed by atoms with Crippen molar-refractivity contribution < 1.29 is 14.0 Å². The molecule has 0 spiro atoms. The lowest BCUT2D eigenvalue weighted by atomic mass is 9.59. The summed E-state index contributed by atoms with van der Waals surface area (Å²) < 4.78 is 13.3. The van der Waals surface area contributed by atoms with Crippen LogP contribution >= 0.6 is 11.6 Å². The number of fused-ring (bicyclic) bond motifs is 1. The lowest BCUT2D eigenvalue weighted by molar-refractivity contribution is -0.129. The third-order valence-corrected chi connectivity index (χ3v) is 6.60. The van der Waals surface area contributed by atoms with Gasteiger partial charge in [-0.15, -0.1) is 0 Å². The smallest absolute Gasteiger partial charge is 0.237 e. The number of imide groups is 1. The molecule has 4 saturated carbocycles. The van der Waals surface area contributed by atoms with Crippen molar-refractivity contribution in [3.8, 4) is 0 Å². The van der Waals surface area contributed by atoms with E-state index in [-0.39, 0.29) is 28.7 Å². The van der Waals surface area contributed by atoms with Gasteiger partial charge >= 0.3 is 0 Å². The molecule has 114 valence electrons. The molecule has 1 aromatic rings. The van der Waals surface area contributed by atoms with Gasteiger partial charge in [-0.25, -0.2) is 9.29 Å². The summed E-state index contributed by atoms with van der Waals surface area (Å²) in [5.74, 6) is 1.02. The molecular formula is C17H15ClFNO2. The molecule has 2 amide bonds. The summed E-state index contributed by atoms with van der Waals surface area (Å²) in [7, 11) is 0. The van der Waals surface area contributed by atoms with Gasteiger partial charge in [-0.2, -0.15) is 0 Å². The molecule has 0 N–H and O–H groups in total. The molecule has 0 aromatic heterocycles. The number of nitrogens with zero attached hydrogens (tertiary/aromatic N) is 1. The average Bonchev–Trinajstić information content (AvgIpc) is 3.28. The van der Waals surface area contributed by atoms with Gasteiger partial charge in [0.1, 0.15) is 5.82 Å². The predicted molar refractivity (Wildman–Crippen MR) is 78.7 cm³/mol. The van der Waals surface area contributed by atoms with Gasteiger partial charge in [-0.05, 0) is 61.1 Å². The number of benzene rings is 1. The Hall–Kier alpha value is -1.42. The first-order chi connectivity index (χ1) is 10.6. The van der Waals surface area contributed by atoms with Crippen molar-refractivity contribution in [1.82, 2.24) is 0 Å². The second-order valence-electron chi connectivity index (χ2n) is 7.13. The number of anilines is 1. The molecule has 5 fully saturated rings. The lowest BCUT2D eigenvalue weighted by Gasteiger charge is -2.42. The van der Waals surface area contributed by atoms with Crippen LogP contribution in [-0.2, 0) is 9.59 Å². The lowest BCUT2D eigenvalue weighted by Crippen LogP contribution is -2.43. The van der Waals surface area contributed by atoms with Crippen LogP contribution in [0, 0.1) is 41.3 Å². The van der Waals surface area contributed by atoms with E-state index in [9.17, 15) is 14.0 Å². The summed E-state index contributed by atoms with van der Waals surface area (Å²) in [6.45, 7) is 0. The summed E-state index contributed by atoms with van der Waals surface area (Å²) in [6, 6.07) is 4.07. The van der Waals surface area contributed by atoms with Crippen molar-refractivity contribution in [2.45, 2.75) is 19.3 Å². The second-order valence-corrected chi connectivity index (χ2v) is 7.54. The molecule has 6 unspecified atom stereocenters. The van der Waals surface area contributed by atoms with Gasteiger partial charge in [0.25, 0.3) is 0 Å². The van der Waals surface area contributed by atoms with Crippen LogP contribution in [-0.4, -0.2) is 11.8 Å². The maximum Gasteiger partial charge on any atom is 0.237 e. The van der Waals surface area contributed by atoms with Crippen LogP contribution in [0.5, 0.6) is 0 Å². The molecule has 5 aliphatic rings. The minimum absolute atomic E-state index is 0.0567. The van der Waals surface area contributed by atoms with Gasteiger partial charge in [-0.1, -0.05) is 11.6 Å². The van der Waals surface area contributed by atoms with E-state index in [1.807, 2.05) is 0 Å². The molecule has 4 aliphatic carbocycles. The van der Waals surface area contributed by atoms with Crippen LogP contribution in [0.1, 0.15) is 19.3 Å². The number of carbonyl (C=O) groups excluding carboxylic acids is 2. The Balaban J connectivity index is 1.57. The topological polar surface area (TPSA) is 37.4 Å². The summed E-state index contributed by atoms with van der Waals surface area (Å²) in [5.41, 5.74) is 0.406. The van der Waals surface area contributed by atoms with E-state index >= 15 is 0 Å². The Labute approximate surface area is 132 Å². The SMILES string of the molecule is O=C1C2C3CCC(C4CC43)C2C(=O)N1c1ccc(F)c(Cl)c1. The zero-order chi connectivity index (χ0) is 15.2. The summed E-state index contributed by atoms with van der Waals surface area (Å²) in [6.07, 6.45) is 3.35. The second kappa shape index (κ2) is 4.10. The number of carbonyl (C=O) groups is 2. The maximum atomic E-state index is 13.3. The maximum absolute atomic E-state index is 13.3. The van der Waals surface area contributed by atoms with E-state index < -0.39 is 5.82 Å². The highest BCUT2D eigenvalue weighted by atomic mass is 35.5. The zero-order valence-electron chi connectivity index (χ0n) is 11.8. The number of halogens is 2. The van der Waals surface area contributed by atoms with Gasteiger partial charge in [0.2, 0.25) is 11.8 Å². The first-order valence-corrected chi connectivity index (χ1v) is 8.28. The first-order valence-electron chi connectivity index (χ1n) is 7.91. The number of hydrogen-bond donors (Lipinski definition) is 0. The molecule has 6 atom stereocenters. The van der Waals surface area contributed by atoms with Crippen LogP contribution in [0.15, 0.2) is 18.2 Å². The Kier molecular flexibility index (Phi) is 2.44. The Morgan fingerprint density at radius 2 is 1.59 bits per heavy atom. The molecule has 2 bridgehead atoms. The van der Waals surface area contributed by atoms with E-state index in [1.54, 1.807) is 0 Å². The van der Waals surface area contributed by atoms with Gasteiger partial charge in [0, 0.05) is 0 Å². The molecule has 1 aromatic carbocycles. The Morgan fingerprint density at radius 3 is 2.14 bits per heavy atom. The van der Waals surface area contributed by atoms with Crippen LogP contribution in [0.3, 0.4) is 0 Å². The molecule has 3 nitrogen and oxygen atoms in total. The predicted octanol–water partition coefficient (Wildman–Crippen LogP) is 3.26. The Bertz CT molecular complexity index is 687. The van der Waals surface area contributed by atoms with Crippen molar-refractivity contribution in [2.24, 2.45) is 35.5 Å². The largest absolute Gasteiger partial charge is 0.274 e. The highest BCUT2D eigenvalue weighted by Gasteiger charge is 2.68. The monoisotopic (exact) mass is 319 g/mol. The average molecular weight is 320 g/mol. The molecule has 1 aliphatic heterocycles. The third-order valence-electron chi connectivity index (χ3n) is 6.31. The standard InChI is InChI=1S/C17H15ClFNO2/c18-12-5-7(1-4-13(12)19)20-16(21)14-8-2-3-9(11-6-10(8)11)15(14)17(20)22/h1,4-5,8-11,14-15H,2-3,6H2. The van der Waals surface area contributed by atoms with Gasteiger partial charge < -0.3 is 0 Å². The first kappa shape index (κ1) is 13.1. The molecular weight excluding hydrogens is 305 g/mol. The van der Waals surface area contributed by atoms with Crippen LogP contribution < -0.4 is 4.90 Å². The number of rotatable bonds is 1. The fourth-order valence-electron chi connectivity index (χ4n) is 5.42. The van der Waals surface area contributed by atoms with Gasteiger partial charge in [-0.3, -0.25) is 9.59 Å². The summed E-state index contributed by atoms with van der Waals surface area (Å²) in [4.78, 5) is 27.0. The zero-order valence-corrected chi connectivity index (χ0v) is 12.6. The molecule has 0 radical (unpaired) electrons. The number of amides is 2. The van der Waals surface area contributed by atoms with Crippen molar-refractivity contribution in [1.29, 1.82) is 0 Å². The van der Waals surface area contributed by atoms with Crippen LogP contribution in [0.2, 0.25) is 5.02 Å². The molecule has 22 heavy (non-hydrogen) atoms. The fraction of sp³-hybridized carbons (Fsp3) is 0.529. The van der Waals surface area contributed by atoms with Crippen LogP contribution in [0.4, 0.5) is 10.1 Å². The van der Waals surface area contributed by atoms with E-state index in [2.05, 4.69) is 0 Å². The minimum atomic E-state index is -0.539. The van der Waals surface area contributed by atoms with Crippen LogP contribution in [0.25, 0.3) is 0 Å². The molecule has 5 heteroatoms. The van der Waals surface area contributed by atoms with Gasteiger partial charge in [0.05, 0.1) is 22.5 Å². The molecule has 1 heterocycles. The van der Waals surface area contributed by atoms with Crippen molar-refractivity contribution >= 4 is 29.1 Å². The van der Waals surface area contributed by atoms with Crippen molar-refractivity contribution in [2.75, 3.05) is 4.90 Å². The van der Waals surface area contributed by atoms with E-state index in [1.165, 1.54) is 29.5 Å². The minimum Gasteiger partial charge on any atom is -0.274 e.